The zero-order valence-electron chi connectivity index (χ0n) is 11.6. The van der Waals surface area contributed by atoms with Gasteiger partial charge in [0.1, 0.15) is 0 Å². The second kappa shape index (κ2) is 6.90. The number of pyridine rings is 1. The standard InChI is InChI=1S/C16H21BrN2/c1-3-5-8-14(4-2)19-15-9-6-7-12-10-13(17)11-18-16(12)15/h6-7,9-11,14,19H,3-5,8H2,1-2H3. The monoisotopic (exact) mass is 320 g/mol. The molecule has 1 unspecified atom stereocenters. The lowest BCUT2D eigenvalue weighted by Crippen LogP contribution is -2.18. The average Bonchev–Trinajstić information content (AvgIpc) is 2.43. The quantitative estimate of drug-likeness (QED) is 0.773. The number of halogens is 1. The normalized spacial score (nSPS) is 12.6. The Labute approximate surface area is 123 Å². The van der Waals surface area contributed by atoms with E-state index < -0.39 is 0 Å². The molecule has 0 bridgehead atoms. The summed E-state index contributed by atoms with van der Waals surface area (Å²) >= 11 is 3.47. The maximum Gasteiger partial charge on any atom is 0.0934 e. The summed E-state index contributed by atoms with van der Waals surface area (Å²) in [6.07, 6.45) is 6.75. The van der Waals surface area contributed by atoms with Crippen molar-refractivity contribution in [1.29, 1.82) is 0 Å². The Bertz CT molecular complexity index is 539. The summed E-state index contributed by atoms with van der Waals surface area (Å²) in [7, 11) is 0. The summed E-state index contributed by atoms with van der Waals surface area (Å²) in [5, 5.41) is 4.82. The van der Waals surface area contributed by atoms with Crippen LogP contribution < -0.4 is 5.32 Å². The lowest BCUT2D eigenvalue weighted by Gasteiger charge is -2.19. The number of rotatable bonds is 6. The van der Waals surface area contributed by atoms with E-state index in [1.807, 2.05) is 6.20 Å². The van der Waals surface area contributed by atoms with Gasteiger partial charge in [-0.2, -0.15) is 0 Å². The molecule has 0 aliphatic carbocycles. The Morgan fingerprint density at radius 1 is 1.32 bits per heavy atom. The van der Waals surface area contributed by atoms with Gasteiger partial charge in [0.05, 0.1) is 11.2 Å². The van der Waals surface area contributed by atoms with Crippen LogP contribution in [0.5, 0.6) is 0 Å². The number of benzene rings is 1. The number of unbranched alkanes of at least 4 members (excludes halogenated alkanes) is 1. The maximum atomic E-state index is 4.54. The summed E-state index contributed by atoms with van der Waals surface area (Å²) in [5.41, 5.74) is 2.20. The Kier molecular flexibility index (Phi) is 5.20. The average molecular weight is 321 g/mol. The Hall–Kier alpha value is -1.09. The number of aromatic nitrogens is 1. The third-order valence-corrected chi connectivity index (χ3v) is 3.87. The van der Waals surface area contributed by atoms with Crippen molar-refractivity contribution in [2.75, 3.05) is 5.32 Å². The lowest BCUT2D eigenvalue weighted by atomic mass is 10.1. The molecule has 2 aromatic rings. The van der Waals surface area contributed by atoms with Crippen molar-refractivity contribution in [3.05, 3.63) is 34.9 Å². The maximum absolute atomic E-state index is 4.54. The summed E-state index contributed by atoms with van der Waals surface area (Å²) in [5.74, 6) is 0. The van der Waals surface area contributed by atoms with Gasteiger partial charge in [0.15, 0.2) is 0 Å². The van der Waals surface area contributed by atoms with Crippen molar-refractivity contribution in [1.82, 2.24) is 4.98 Å². The second-order valence-corrected chi connectivity index (χ2v) is 5.84. The Morgan fingerprint density at radius 2 is 2.16 bits per heavy atom. The van der Waals surface area contributed by atoms with Gasteiger partial charge in [-0.3, -0.25) is 4.98 Å². The molecule has 0 spiro atoms. The Morgan fingerprint density at radius 3 is 2.89 bits per heavy atom. The topological polar surface area (TPSA) is 24.9 Å². The minimum Gasteiger partial charge on any atom is -0.381 e. The molecule has 0 aliphatic heterocycles. The first-order chi connectivity index (χ1) is 9.24. The molecule has 3 heteroatoms. The molecule has 1 N–H and O–H groups in total. The molecule has 1 atom stereocenters. The second-order valence-electron chi connectivity index (χ2n) is 4.92. The van der Waals surface area contributed by atoms with Gasteiger partial charge in [-0.25, -0.2) is 0 Å². The molecule has 0 saturated carbocycles. The predicted molar refractivity (Wildman–Crippen MR) is 86.7 cm³/mol. The predicted octanol–water partition coefficient (Wildman–Crippen LogP) is 5.38. The van der Waals surface area contributed by atoms with Crippen LogP contribution in [0.2, 0.25) is 0 Å². The highest BCUT2D eigenvalue weighted by molar-refractivity contribution is 9.10. The Balaban J connectivity index is 2.24. The lowest BCUT2D eigenvalue weighted by molar-refractivity contribution is 0.594. The van der Waals surface area contributed by atoms with Gasteiger partial charge >= 0.3 is 0 Å². The summed E-state index contributed by atoms with van der Waals surface area (Å²) in [6, 6.07) is 8.96. The third kappa shape index (κ3) is 3.69. The number of fused-ring (bicyclic) bond motifs is 1. The van der Waals surface area contributed by atoms with Gasteiger partial charge in [0.25, 0.3) is 0 Å². The highest BCUT2D eigenvalue weighted by Crippen LogP contribution is 2.25. The smallest absolute Gasteiger partial charge is 0.0934 e. The van der Waals surface area contributed by atoms with E-state index in [0.717, 1.165) is 22.1 Å². The van der Waals surface area contributed by atoms with E-state index in [2.05, 4.69) is 64.3 Å². The van der Waals surface area contributed by atoms with Gasteiger partial charge in [-0.15, -0.1) is 0 Å². The zero-order valence-corrected chi connectivity index (χ0v) is 13.2. The molecule has 1 aromatic heterocycles. The van der Waals surface area contributed by atoms with Crippen LogP contribution in [0, 0.1) is 0 Å². The number of nitrogens with one attached hydrogen (secondary N) is 1. The number of hydrogen-bond acceptors (Lipinski definition) is 2. The fraction of sp³-hybridized carbons (Fsp3) is 0.438. The van der Waals surface area contributed by atoms with Crippen LogP contribution in [-0.2, 0) is 0 Å². The summed E-state index contributed by atoms with van der Waals surface area (Å²) in [6.45, 7) is 4.48. The number of hydrogen-bond donors (Lipinski definition) is 1. The van der Waals surface area contributed by atoms with Crippen LogP contribution in [0.4, 0.5) is 5.69 Å². The highest BCUT2D eigenvalue weighted by atomic mass is 79.9. The molecule has 0 radical (unpaired) electrons. The fourth-order valence-corrected chi connectivity index (χ4v) is 2.65. The highest BCUT2D eigenvalue weighted by Gasteiger charge is 2.08. The van der Waals surface area contributed by atoms with Crippen LogP contribution >= 0.6 is 15.9 Å². The van der Waals surface area contributed by atoms with Crippen molar-refractivity contribution < 1.29 is 0 Å². The van der Waals surface area contributed by atoms with E-state index >= 15 is 0 Å². The van der Waals surface area contributed by atoms with Crippen LogP contribution in [0.15, 0.2) is 34.9 Å². The largest absolute Gasteiger partial charge is 0.381 e. The van der Waals surface area contributed by atoms with Gasteiger partial charge in [-0.05, 0) is 40.9 Å². The van der Waals surface area contributed by atoms with E-state index in [1.165, 1.54) is 24.6 Å². The van der Waals surface area contributed by atoms with Gasteiger partial charge in [-0.1, -0.05) is 38.8 Å². The molecule has 2 rings (SSSR count). The van der Waals surface area contributed by atoms with Crippen molar-refractivity contribution in [3.8, 4) is 0 Å². The molecule has 1 heterocycles. The van der Waals surface area contributed by atoms with Crippen molar-refractivity contribution in [2.24, 2.45) is 0 Å². The fourth-order valence-electron chi connectivity index (χ4n) is 2.30. The number of nitrogens with zero attached hydrogens (tertiary/aromatic N) is 1. The molecule has 19 heavy (non-hydrogen) atoms. The van der Waals surface area contributed by atoms with Crippen LogP contribution in [-0.4, -0.2) is 11.0 Å². The van der Waals surface area contributed by atoms with E-state index in [0.29, 0.717) is 6.04 Å². The first-order valence-electron chi connectivity index (χ1n) is 7.05. The first-order valence-corrected chi connectivity index (χ1v) is 7.84. The molecule has 0 saturated heterocycles. The molecular weight excluding hydrogens is 300 g/mol. The van der Waals surface area contributed by atoms with Crippen molar-refractivity contribution in [2.45, 2.75) is 45.6 Å². The minimum atomic E-state index is 0.538. The summed E-state index contributed by atoms with van der Waals surface area (Å²) < 4.78 is 1.02. The molecule has 1 aromatic carbocycles. The molecule has 0 fully saturated rings. The molecule has 0 aliphatic rings. The molecule has 2 nitrogen and oxygen atoms in total. The summed E-state index contributed by atoms with van der Waals surface area (Å²) in [4.78, 5) is 4.54. The number of anilines is 1. The van der Waals surface area contributed by atoms with Crippen molar-refractivity contribution in [3.63, 3.8) is 0 Å². The van der Waals surface area contributed by atoms with Gasteiger partial charge < -0.3 is 5.32 Å². The van der Waals surface area contributed by atoms with E-state index in [1.54, 1.807) is 0 Å². The minimum absolute atomic E-state index is 0.538. The molecule has 0 amide bonds. The van der Waals surface area contributed by atoms with E-state index in [-0.39, 0.29) is 0 Å². The third-order valence-electron chi connectivity index (χ3n) is 3.44. The first kappa shape index (κ1) is 14.3. The van der Waals surface area contributed by atoms with Crippen molar-refractivity contribution >= 4 is 32.5 Å². The molecule has 102 valence electrons. The van der Waals surface area contributed by atoms with Gasteiger partial charge in [0, 0.05) is 22.1 Å². The van der Waals surface area contributed by atoms with E-state index in [9.17, 15) is 0 Å². The number of para-hydroxylation sites is 1. The molecular formula is C16H21BrN2. The van der Waals surface area contributed by atoms with Crippen LogP contribution in [0.3, 0.4) is 0 Å². The van der Waals surface area contributed by atoms with Crippen LogP contribution in [0.25, 0.3) is 10.9 Å². The zero-order chi connectivity index (χ0) is 13.7. The van der Waals surface area contributed by atoms with Crippen LogP contribution in [0.1, 0.15) is 39.5 Å². The SMILES string of the molecule is CCCCC(CC)Nc1cccc2cc(Br)cnc12. The van der Waals surface area contributed by atoms with E-state index in [4.69, 9.17) is 0 Å². The van der Waals surface area contributed by atoms with Gasteiger partial charge in [0.2, 0.25) is 0 Å².